The Morgan fingerprint density at radius 1 is 1.33 bits per heavy atom. The molecule has 0 heterocycles. The molecule has 0 aromatic heterocycles. The molecule has 0 radical (unpaired) electrons. The summed E-state index contributed by atoms with van der Waals surface area (Å²) >= 11 is 5.85. The van der Waals surface area contributed by atoms with Crippen LogP contribution < -0.4 is 11.5 Å². The third kappa shape index (κ3) is 2.84. The SMILES string of the molecule is CC(C)[C@H](O)[C@H](N)c1cc(Cl)ccc1N. The molecule has 0 spiro atoms. The minimum absolute atomic E-state index is 0.0818. The van der Waals surface area contributed by atoms with E-state index in [4.69, 9.17) is 23.1 Å². The van der Waals surface area contributed by atoms with Gasteiger partial charge in [0, 0.05) is 10.7 Å². The topological polar surface area (TPSA) is 72.3 Å². The Morgan fingerprint density at radius 3 is 2.47 bits per heavy atom. The van der Waals surface area contributed by atoms with E-state index < -0.39 is 12.1 Å². The van der Waals surface area contributed by atoms with Crippen molar-refractivity contribution < 1.29 is 5.11 Å². The van der Waals surface area contributed by atoms with Gasteiger partial charge in [-0.2, -0.15) is 0 Å². The molecule has 15 heavy (non-hydrogen) atoms. The van der Waals surface area contributed by atoms with Crippen LogP contribution in [0, 0.1) is 5.92 Å². The zero-order valence-electron chi connectivity index (χ0n) is 8.94. The number of anilines is 1. The van der Waals surface area contributed by atoms with Crippen LogP contribution in [0.4, 0.5) is 5.69 Å². The number of halogens is 1. The molecule has 84 valence electrons. The Hall–Kier alpha value is -0.770. The van der Waals surface area contributed by atoms with E-state index in [1.54, 1.807) is 18.2 Å². The standard InChI is InChI=1S/C11H17ClN2O/c1-6(2)11(15)10(14)8-5-7(12)3-4-9(8)13/h3-6,10-11,15H,13-14H2,1-2H3/t10-,11+/m1/s1. The lowest BCUT2D eigenvalue weighted by Crippen LogP contribution is -2.31. The molecule has 0 amide bonds. The summed E-state index contributed by atoms with van der Waals surface area (Å²) in [6, 6.07) is 4.61. The highest BCUT2D eigenvalue weighted by Crippen LogP contribution is 2.27. The molecule has 5 N–H and O–H groups in total. The van der Waals surface area contributed by atoms with Crippen LogP contribution in [0.1, 0.15) is 25.5 Å². The van der Waals surface area contributed by atoms with Crippen molar-refractivity contribution in [3.8, 4) is 0 Å². The van der Waals surface area contributed by atoms with Crippen LogP contribution in [-0.4, -0.2) is 11.2 Å². The zero-order valence-corrected chi connectivity index (χ0v) is 9.70. The van der Waals surface area contributed by atoms with E-state index in [1.807, 2.05) is 13.8 Å². The first-order valence-electron chi connectivity index (χ1n) is 4.92. The number of rotatable bonds is 3. The first kappa shape index (κ1) is 12.3. The van der Waals surface area contributed by atoms with Gasteiger partial charge >= 0.3 is 0 Å². The van der Waals surface area contributed by atoms with E-state index in [2.05, 4.69) is 0 Å². The summed E-state index contributed by atoms with van der Waals surface area (Å²) in [5, 5.41) is 10.4. The fourth-order valence-corrected chi connectivity index (χ4v) is 1.61. The predicted octanol–water partition coefficient (Wildman–Crippen LogP) is 1.94. The van der Waals surface area contributed by atoms with Crippen molar-refractivity contribution in [3.05, 3.63) is 28.8 Å². The number of benzene rings is 1. The fraction of sp³-hybridized carbons (Fsp3) is 0.455. The van der Waals surface area contributed by atoms with Crippen LogP contribution in [0.2, 0.25) is 5.02 Å². The normalized spacial score (nSPS) is 15.3. The maximum absolute atomic E-state index is 9.84. The van der Waals surface area contributed by atoms with Gasteiger partial charge in [0.2, 0.25) is 0 Å². The van der Waals surface area contributed by atoms with E-state index >= 15 is 0 Å². The maximum atomic E-state index is 9.84. The van der Waals surface area contributed by atoms with Gasteiger partial charge in [-0.05, 0) is 29.7 Å². The van der Waals surface area contributed by atoms with Crippen molar-refractivity contribution in [1.29, 1.82) is 0 Å². The first-order chi connectivity index (χ1) is 6.93. The second-order valence-electron chi connectivity index (χ2n) is 4.03. The van der Waals surface area contributed by atoms with Gasteiger partial charge in [-0.25, -0.2) is 0 Å². The zero-order chi connectivity index (χ0) is 11.6. The van der Waals surface area contributed by atoms with Crippen molar-refractivity contribution in [3.63, 3.8) is 0 Å². The van der Waals surface area contributed by atoms with Crippen LogP contribution in [-0.2, 0) is 0 Å². The highest BCUT2D eigenvalue weighted by molar-refractivity contribution is 6.30. The number of nitrogens with two attached hydrogens (primary N) is 2. The van der Waals surface area contributed by atoms with Gasteiger partial charge < -0.3 is 16.6 Å². The smallest absolute Gasteiger partial charge is 0.0756 e. The molecule has 2 atom stereocenters. The monoisotopic (exact) mass is 228 g/mol. The van der Waals surface area contributed by atoms with Crippen LogP contribution in [0.15, 0.2) is 18.2 Å². The van der Waals surface area contributed by atoms with Crippen molar-refractivity contribution >= 4 is 17.3 Å². The molecule has 0 aliphatic heterocycles. The van der Waals surface area contributed by atoms with Gasteiger partial charge in [0.1, 0.15) is 0 Å². The summed E-state index contributed by atoms with van der Waals surface area (Å²) in [5.41, 5.74) is 13.0. The third-order valence-electron chi connectivity index (χ3n) is 2.46. The van der Waals surface area contributed by atoms with E-state index in [0.717, 1.165) is 0 Å². The highest BCUT2D eigenvalue weighted by atomic mass is 35.5. The number of nitrogen functional groups attached to an aromatic ring is 1. The van der Waals surface area contributed by atoms with E-state index in [-0.39, 0.29) is 5.92 Å². The Morgan fingerprint density at radius 2 is 1.93 bits per heavy atom. The average molecular weight is 229 g/mol. The van der Waals surface area contributed by atoms with Crippen molar-refractivity contribution in [2.24, 2.45) is 11.7 Å². The molecule has 0 unspecified atom stereocenters. The number of aliphatic hydroxyl groups excluding tert-OH is 1. The molecule has 3 nitrogen and oxygen atoms in total. The van der Waals surface area contributed by atoms with Crippen molar-refractivity contribution in [2.75, 3.05) is 5.73 Å². The molecule has 1 rings (SSSR count). The summed E-state index contributed by atoms with van der Waals surface area (Å²) in [6.45, 7) is 3.82. The van der Waals surface area contributed by atoms with Gasteiger partial charge in [-0.1, -0.05) is 25.4 Å². The van der Waals surface area contributed by atoms with Crippen LogP contribution in [0.25, 0.3) is 0 Å². The summed E-state index contributed by atoms with van der Waals surface area (Å²) < 4.78 is 0. The number of hydrogen-bond donors (Lipinski definition) is 3. The molecule has 1 aromatic carbocycles. The Kier molecular flexibility index (Phi) is 3.97. The molecule has 0 fully saturated rings. The van der Waals surface area contributed by atoms with Gasteiger partial charge in [0.05, 0.1) is 12.1 Å². The summed E-state index contributed by atoms with van der Waals surface area (Å²) in [4.78, 5) is 0. The minimum atomic E-state index is -0.620. The van der Waals surface area contributed by atoms with Gasteiger partial charge in [0.25, 0.3) is 0 Å². The van der Waals surface area contributed by atoms with E-state index in [1.165, 1.54) is 0 Å². The quantitative estimate of drug-likeness (QED) is 0.693. The fourth-order valence-electron chi connectivity index (χ4n) is 1.43. The third-order valence-corrected chi connectivity index (χ3v) is 2.69. The molecule has 0 saturated carbocycles. The van der Waals surface area contributed by atoms with E-state index in [9.17, 15) is 5.11 Å². The van der Waals surface area contributed by atoms with Gasteiger partial charge in [0.15, 0.2) is 0 Å². The molecule has 0 bridgehead atoms. The lowest BCUT2D eigenvalue weighted by atomic mass is 9.93. The maximum Gasteiger partial charge on any atom is 0.0756 e. The van der Waals surface area contributed by atoms with Crippen molar-refractivity contribution in [2.45, 2.75) is 26.0 Å². The second kappa shape index (κ2) is 4.84. The first-order valence-corrected chi connectivity index (χ1v) is 5.30. The molecule has 1 aromatic rings. The number of aliphatic hydroxyl groups is 1. The van der Waals surface area contributed by atoms with Crippen LogP contribution in [0.3, 0.4) is 0 Å². The molecule has 0 aliphatic carbocycles. The Bertz CT molecular complexity index is 341. The summed E-state index contributed by atoms with van der Waals surface area (Å²) in [7, 11) is 0. The Balaban J connectivity index is 2.99. The molecular formula is C11H17ClN2O. The van der Waals surface area contributed by atoms with Crippen LogP contribution >= 0.6 is 11.6 Å². The average Bonchev–Trinajstić information content (AvgIpc) is 2.19. The number of hydrogen-bond acceptors (Lipinski definition) is 3. The highest BCUT2D eigenvalue weighted by Gasteiger charge is 2.21. The lowest BCUT2D eigenvalue weighted by molar-refractivity contribution is 0.0982. The molecule has 0 saturated heterocycles. The summed E-state index contributed by atoms with van der Waals surface area (Å²) in [5.74, 6) is 0.0818. The van der Waals surface area contributed by atoms with Gasteiger partial charge in [-0.3, -0.25) is 0 Å². The Labute approximate surface area is 95.0 Å². The largest absolute Gasteiger partial charge is 0.398 e. The van der Waals surface area contributed by atoms with E-state index in [0.29, 0.717) is 16.3 Å². The van der Waals surface area contributed by atoms with Gasteiger partial charge in [-0.15, -0.1) is 0 Å². The second-order valence-corrected chi connectivity index (χ2v) is 4.47. The minimum Gasteiger partial charge on any atom is -0.398 e. The van der Waals surface area contributed by atoms with Crippen LogP contribution in [0.5, 0.6) is 0 Å². The molecule has 4 heteroatoms. The molecule has 0 aliphatic rings. The predicted molar refractivity (Wildman–Crippen MR) is 63.6 cm³/mol. The summed E-state index contributed by atoms with van der Waals surface area (Å²) in [6.07, 6.45) is -0.620. The molecular weight excluding hydrogens is 212 g/mol. The van der Waals surface area contributed by atoms with Crippen molar-refractivity contribution in [1.82, 2.24) is 0 Å². The lowest BCUT2D eigenvalue weighted by Gasteiger charge is -2.23.